The van der Waals surface area contributed by atoms with Crippen LogP contribution in [-0.4, -0.2) is 35.4 Å². The van der Waals surface area contributed by atoms with E-state index in [0.29, 0.717) is 24.7 Å². The predicted octanol–water partition coefficient (Wildman–Crippen LogP) is 3.12. The van der Waals surface area contributed by atoms with Gasteiger partial charge in [0.25, 0.3) is 0 Å². The van der Waals surface area contributed by atoms with Gasteiger partial charge in [0.05, 0.1) is 24.4 Å². The molecule has 0 aromatic heterocycles. The number of carbonyl (C=O) groups is 2. The monoisotopic (exact) mass is 298 g/mol. The van der Waals surface area contributed by atoms with Crippen LogP contribution >= 0.6 is 0 Å². The molecule has 0 fully saturated rings. The van der Waals surface area contributed by atoms with E-state index in [9.17, 15) is 14.7 Å². The van der Waals surface area contributed by atoms with Gasteiger partial charge in [0.2, 0.25) is 0 Å². The first-order valence-corrected chi connectivity index (χ1v) is 7.08. The Kier molecular flexibility index (Phi) is 8.62. The topological polar surface area (TPSA) is 83.8 Å². The molecule has 2 N–H and O–H groups in total. The molecule has 0 bridgehead atoms. The summed E-state index contributed by atoms with van der Waals surface area (Å²) in [6, 6.07) is 0. The van der Waals surface area contributed by atoms with Gasteiger partial charge in [0.15, 0.2) is 0 Å². The number of allylic oxidation sites excluding steroid dienone is 1. The van der Waals surface area contributed by atoms with Gasteiger partial charge in [-0.2, -0.15) is 0 Å². The standard InChI is InChI=1S/C16H26O5/c1-10(2)6-13(7-11(3)4)14(16(19)20)9-21-8-12(5)15(17)18/h10-11H,5-9H2,1-4H3,(H,17,18)(H,19,20). The number of hydrogen-bond acceptors (Lipinski definition) is 3. The third-order valence-corrected chi connectivity index (χ3v) is 2.82. The second-order valence-electron chi connectivity index (χ2n) is 5.98. The van der Waals surface area contributed by atoms with Crippen LogP contribution in [0.15, 0.2) is 23.3 Å². The molecule has 0 aromatic rings. The van der Waals surface area contributed by atoms with Gasteiger partial charge in [-0.25, -0.2) is 9.59 Å². The van der Waals surface area contributed by atoms with Crippen LogP contribution in [0.1, 0.15) is 40.5 Å². The molecule has 0 heterocycles. The minimum Gasteiger partial charge on any atom is -0.478 e. The van der Waals surface area contributed by atoms with Crippen molar-refractivity contribution in [3.05, 3.63) is 23.3 Å². The van der Waals surface area contributed by atoms with E-state index in [-0.39, 0.29) is 24.4 Å². The Morgan fingerprint density at radius 2 is 1.43 bits per heavy atom. The van der Waals surface area contributed by atoms with E-state index < -0.39 is 11.9 Å². The van der Waals surface area contributed by atoms with Crippen molar-refractivity contribution < 1.29 is 24.5 Å². The van der Waals surface area contributed by atoms with Crippen molar-refractivity contribution in [1.82, 2.24) is 0 Å². The smallest absolute Gasteiger partial charge is 0.333 e. The molecule has 0 spiro atoms. The Hall–Kier alpha value is -1.62. The van der Waals surface area contributed by atoms with E-state index in [1.807, 2.05) is 27.7 Å². The van der Waals surface area contributed by atoms with Crippen LogP contribution in [0.3, 0.4) is 0 Å². The fraction of sp³-hybridized carbons (Fsp3) is 0.625. The Morgan fingerprint density at radius 1 is 0.952 bits per heavy atom. The summed E-state index contributed by atoms with van der Waals surface area (Å²) in [6.07, 6.45) is 1.39. The van der Waals surface area contributed by atoms with E-state index in [0.717, 1.165) is 5.57 Å². The minimum atomic E-state index is -1.14. The zero-order valence-corrected chi connectivity index (χ0v) is 13.3. The first-order valence-electron chi connectivity index (χ1n) is 7.08. The highest BCUT2D eigenvalue weighted by molar-refractivity contribution is 5.88. The summed E-state index contributed by atoms with van der Waals surface area (Å²) in [5.74, 6) is -1.45. The van der Waals surface area contributed by atoms with Crippen LogP contribution in [-0.2, 0) is 14.3 Å². The maximum atomic E-state index is 11.4. The average molecular weight is 298 g/mol. The third-order valence-electron chi connectivity index (χ3n) is 2.82. The molecule has 0 aliphatic rings. The van der Waals surface area contributed by atoms with Crippen LogP contribution in [0, 0.1) is 11.8 Å². The molecule has 0 unspecified atom stereocenters. The number of ether oxygens (including phenoxy) is 1. The van der Waals surface area contributed by atoms with Crippen molar-refractivity contribution in [2.75, 3.05) is 13.2 Å². The van der Waals surface area contributed by atoms with E-state index in [2.05, 4.69) is 6.58 Å². The van der Waals surface area contributed by atoms with Crippen LogP contribution in [0.25, 0.3) is 0 Å². The molecule has 0 aliphatic heterocycles. The number of carboxylic acid groups (broad SMARTS) is 2. The number of hydrogen-bond donors (Lipinski definition) is 2. The molecule has 0 saturated carbocycles. The molecule has 0 radical (unpaired) electrons. The molecule has 120 valence electrons. The van der Waals surface area contributed by atoms with E-state index in [4.69, 9.17) is 9.84 Å². The summed E-state index contributed by atoms with van der Waals surface area (Å²) < 4.78 is 5.21. The molecular weight excluding hydrogens is 272 g/mol. The molecule has 21 heavy (non-hydrogen) atoms. The zero-order chi connectivity index (χ0) is 16.6. The SMILES string of the molecule is C=C(COCC(C(=O)O)=C(CC(C)C)CC(C)C)C(=O)O. The van der Waals surface area contributed by atoms with Crippen LogP contribution in [0.2, 0.25) is 0 Å². The van der Waals surface area contributed by atoms with Crippen molar-refractivity contribution in [1.29, 1.82) is 0 Å². The molecule has 0 saturated heterocycles. The lowest BCUT2D eigenvalue weighted by atomic mass is 9.91. The van der Waals surface area contributed by atoms with Gasteiger partial charge in [-0.15, -0.1) is 0 Å². The Bertz CT molecular complexity index is 406. The first kappa shape index (κ1) is 19.4. The van der Waals surface area contributed by atoms with Gasteiger partial charge in [0.1, 0.15) is 0 Å². The highest BCUT2D eigenvalue weighted by atomic mass is 16.5. The van der Waals surface area contributed by atoms with Crippen molar-refractivity contribution in [2.45, 2.75) is 40.5 Å². The maximum Gasteiger partial charge on any atom is 0.333 e. The lowest BCUT2D eigenvalue weighted by Gasteiger charge is -2.17. The average Bonchev–Trinajstić information content (AvgIpc) is 2.31. The van der Waals surface area contributed by atoms with Crippen molar-refractivity contribution in [2.24, 2.45) is 11.8 Å². The summed E-state index contributed by atoms with van der Waals surface area (Å²) >= 11 is 0. The molecule has 0 aromatic carbocycles. The fourth-order valence-electron chi connectivity index (χ4n) is 1.97. The summed E-state index contributed by atoms with van der Waals surface area (Å²) in [5.41, 5.74) is 1.01. The fourth-order valence-corrected chi connectivity index (χ4v) is 1.97. The minimum absolute atomic E-state index is 0.0889. The van der Waals surface area contributed by atoms with Gasteiger partial charge in [-0.1, -0.05) is 39.8 Å². The van der Waals surface area contributed by atoms with Crippen LogP contribution in [0.5, 0.6) is 0 Å². The Balaban J connectivity index is 5.00. The lowest BCUT2D eigenvalue weighted by Crippen LogP contribution is -2.16. The second kappa shape index (κ2) is 9.34. The van der Waals surface area contributed by atoms with E-state index in [1.54, 1.807) is 0 Å². The normalized spacial score (nSPS) is 10.8. The van der Waals surface area contributed by atoms with Crippen molar-refractivity contribution in [3.8, 4) is 0 Å². The number of aliphatic carboxylic acids is 2. The molecule has 0 amide bonds. The highest BCUT2D eigenvalue weighted by Gasteiger charge is 2.17. The summed E-state index contributed by atoms with van der Waals surface area (Å²) in [4.78, 5) is 22.1. The second-order valence-corrected chi connectivity index (χ2v) is 5.98. The summed E-state index contributed by atoms with van der Waals surface area (Å²) in [6.45, 7) is 11.2. The van der Waals surface area contributed by atoms with Gasteiger partial charge in [0, 0.05) is 0 Å². The predicted molar refractivity (Wildman–Crippen MR) is 81.2 cm³/mol. The van der Waals surface area contributed by atoms with E-state index >= 15 is 0 Å². The summed E-state index contributed by atoms with van der Waals surface area (Å²) in [5, 5.41) is 18.1. The quantitative estimate of drug-likeness (QED) is 0.605. The molecule has 0 rings (SSSR count). The lowest BCUT2D eigenvalue weighted by molar-refractivity contribution is -0.133. The van der Waals surface area contributed by atoms with Gasteiger partial charge in [-0.05, 0) is 24.7 Å². The Morgan fingerprint density at radius 3 is 1.76 bits per heavy atom. The number of carboxylic acids is 2. The van der Waals surface area contributed by atoms with Crippen LogP contribution < -0.4 is 0 Å². The Labute approximate surface area is 126 Å². The molecular formula is C16H26O5. The van der Waals surface area contributed by atoms with Gasteiger partial charge < -0.3 is 14.9 Å². The number of rotatable bonds is 10. The first-order chi connectivity index (χ1) is 9.65. The van der Waals surface area contributed by atoms with Crippen molar-refractivity contribution in [3.63, 3.8) is 0 Å². The zero-order valence-electron chi connectivity index (χ0n) is 13.3. The molecule has 5 heteroatoms. The largest absolute Gasteiger partial charge is 0.478 e. The third kappa shape index (κ3) is 8.30. The van der Waals surface area contributed by atoms with Gasteiger partial charge >= 0.3 is 11.9 Å². The van der Waals surface area contributed by atoms with Gasteiger partial charge in [-0.3, -0.25) is 0 Å². The molecule has 0 atom stereocenters. The maximum absolute atomic E-state index is 11.4. The molecule has 5 nitrogen and oxygen atoms in total. The van der Waals surface area contributed by atoms with Crippen molar-refractivity contribution >= 4 is 11.9 Å². The summed E-state index contributed by atoms with van der Waals surface area (Å²) in [7, 11) is 0. The van der Waals surface area contributed by atoms with E-state index in [1.165, 1.54) is 0 Å². The van der Waals surface area contributed by atoms with Crippen LogP contribution in [0.4, 0.5) is 0 Å². The highest BCUT2D eigenvalue weighted by Crippen LogP contribution is 2.23. The molecule has 0 aliphatic carbocycles.